The summed E-state index contributed by atoms with van der Waals surface area (Å²) < 4.78 is 0. The highest BCUT2D eigenvalue weighted by atomic mass is 32.2. The molecule has 2 saturated heterocycles. The van der Waals surface area contributed by atoms with Gasteiger partial charge in [0, 0.05) is 29.3 Å². The third kappa shape index (κ3) is 5.07. The molecule has 2 aromatic carbocycles. The van der Waals surface area contributed by atoms with E-state index in [0.29, 0.717) is 30.3 Å². The van der Waals surface area contributed by atoms with Crippen molar-refractivity contribution in [1.29, 1.82) is 0 Å². The summed E-state index contributed by atoms with van der Waals surface area (Å²) in [7, 11) is 0. The molecular formula is C23H25N3O3S2. The topological polar surface area (TPSA) is 69.7 Å². The van der Waals surface area contributed by atoms with Gasteiger partial charge in [-0.25, -0.2) is 0 Å². The number of thioether (sulfide) groups is 2. The Hall–Kier alpha value is -2.45. The van der Waals surface area contributed by atoms with Crippen molar-refractivity contribution in [2.45, 2.75) is 23.9 Å². The first-order chi connectivity index (χ1) is 15.0. The van der Waals surface area contributed by atoms with Crippen molar-refractivity contribution in [3.8, 4) is 0 Å². The van der Waals surface area contributed by atoms with E-state index in [2.05, 4.69) is 29.6 Å². The molecule has 4 rings (SSSR count). The third-order valence-electron chi connectivity index (χ3n) is 5.57. The van der Waals surface area contributed by atoms with E-state index in [1.807, 2.05) is 18.4 Å². The minimum Gasteiger partial charge on any atom is -0.352 e. The summed E-state index contributed by atoms with van der Waals surface area (Å²) in [5.74, 6) is 1.18. The van der Waals surface area contributed by atoms with Crippen LogP contribution in [0, 0.1) is 0 Å². The highest BCUT2D eigenvalue weighted by Crippen LogP contribution is 2.26. The van der Waals surface area contributed by atoms with Gasteiger partial charge in [0.2, 0.25) is 11.8 Å². The molecule has 2 aromatic rings. The molecular weight excluding hydrogens is 430 g/mol. The monoisotopic (exact) mass is 455 g/mol. The van der Waals surface area contributed by atoms with Crippen LogP contribution < -0.4 is 5.32 Å². The predicted molar refractivity (Wildman–Crippen MR) is 124 cm³/mol. The van der Waals surface area contributed by atoms with Gasteiger partial charge in [0.25, 0.3) is 5.91 Å². The maximum Gasteiger partial charge on any atom is 0.251 e. The molecule has 2 aliphatic rings. The van der Waals surface area contributed by atoms with Crippen LogP contribution in [-0.4, -0.2) is 64.5 Å². The zero-order chi connectivity index (χ0) is 21.8. The van der Waals surface area contributed by atoms with E-state index in [1.165, 1.54) is 10.5 Å². The number of carbonyl (C=O) groups excluding carboxylic acids is 3. The molecule has 8 heteroatoms. The number of nitrogens with one attached hydrogen (secondary N) is 1. The summed E-state index contributed by atoms with van der Waals surface area (Å²) in [5.41, 5.74) is 2.68. The average molecular weight is 456 g/mol. The molecule has 0 saturated carbocycles. The van der Waals surface area contributed by atoms with Crippen LogP contribution >= 0.6 is 23.5 Å². The summed E-state index contributed by atoms with van der Waals surface area (Å²) in [5, 5.41) is 2.95. The zero-order valence-corrected chi connectivity index (χ0v) is 19.0. The van der Waals surface area contributed by atoms with Crippen molar-refractivity contribution in [2.75, 3.05) is 31.0 Å². The fraction of sp³-hybridized carbons (Fsp3) is 0.348. The molecule has 0 spiro atoms. The quantitative estimate of drug-likeness (QED) is 0.650. The summed E-state index contributed by atoms with van der Waals surface area (Å²) in [6.45, 7) is 1.07. The van der Waals surface area contributed by atoms with Crippen LogP contribution in [0.25, 0.3) is 0 Å². The fourth-order valence-corrected chi connectivity index (χ4v) is 5.35. The highest BCUT2D eigenvalue weighted by Gasteiger charge is 2.42. The van der Waals surface area contributed by atoms with Crippen LogP contribution in [0.5, 0.6) is 0 Å². The summed E-state index contributed by atoms with van der Waals surface area (Å²) >= 11 is 3.33. The molecule has 2 aliphatic heterocycles. The lowest BCUT2D eigenvalue weighted by atomic mass is 10.1. The number of benzene rings is 2. The van der Waals surface area contributed by atoms with Gasteiger partial charge >= 0.3 is 0 Å². The second-order valence-corrected chi connectivity index (χ2v) is 9.50. The Bertz CT molecular complexity index is 963. The highest BCUT2D eigenvalue weighted by molar-refractivity contribution is 7.99. The fourth-order valence-electron chi connectivity index (χ4n) is 3.77. The Morgan fingerprint density at radius 2 is 1.81 bits per heavy atom. The molecule has 0 radical (unpaired) electrons. The molecule has 1 atom stereocenters. The minimum atomic E-state index is -0.326. The Kier molecular flexibility index (Phi) is 6.87. The summed E-state index contributed by atoms with van der Waals surface area (Å²) in [6.07, 6.45) is 2.83. The molecule has 6 nitrogen and oxygen atoms in total. The van der Waals surface area contributed by atoms with E-state index >= 15 is 0 Å². The molecule has 31 heavy (non-hydrogen) atoms. The van der Waals surface area contributed by atoms with E-state index in [0.717, 1.165) is 12.0 Å². The van der Waals surface area contributed by atoms with E-state index < -0.39 is 0 Å². The number of piperazine rings is 1. The lowest BCUT2D eigenvalue weighted by molar-refractivity contribution is -0.153. The van der Waals surface area contributed by atoms with Crippen LogP contribution in [0.3, 0.4) is 0 Å². The van der Waals surface area contributed by atoms with Gasteiger partial charge in [0.05, 0.1) is 5.88 Å². The largest absolute Gasteiger partial charge is 0.352 e. The summed E-state index contributed by atoms with van der Waals surface area (Å²) in [4.78, 5) is 41.9. The van der Waals surface area contributed by atoms with Crippen molar-refractivity contribution in [1.82, 2.24) is 15.1 Å². The Balaban J connectivity index is 1.28. The lowest BCUT2D eigenvalue weighted by Crippen LogP contribution is -2.57. The van der Waals surface area contributed by atoms with Crippen LogP contribution in [0.4, 0.5) is 0 Å². The first-order valence-electron chi connectivity index (χ1n) is 10.2. The SMILES string of the molecule is CSc1ccc(CCNC(=O)c2ccc(CN3CC(=O)N4CSCC4C3=O)cc2)cc1. The number of rotatable bonds is 7. The van der Waals surface area contributed by atoms with Crippen LogP contribution in [0.15, 0.2) is 53.4 Å². The van der Waals surface area contributed by atoms with Gasteiger partial charge in [-0.05, 0) is 48.1 Å². The minimum absolute atomic E-state index is 0.00804. The zero-order valence-electron chi connectivity index (χ0n) is 17.4. The maximum atomic E-state index is 12.7. The molecule has 1 unspecified atom stereocenters. The Morgan fingerprint density at radius 3 is 2.52 bits per heavy atom. The van der Waals surface area contributed by atoms with Gasteiger partial charge in [0.1, 0.15) is 12.6 Å². The molecule has 0 aliphatic carbocycles. The van der Waals surface area contributed by atoms with Crippen molar-refractivity contribution in [2.24, 2.45) is 0 Å². The van der Waals surface area contributed by atoms with Crippen molar-refractivity contribution in [3.63, 3.8) is 0 Å². The smallest absolute Gasteiger partial charge is 0.251 e. The number of amides is 3. The number of hydrogen-bond donors (Lipinski definition) is 1. The molecule has 2 heterocycles. The lowest BCUT2D eigenvalue weighted by Gasteiger charge is -2.35. The van der Waals surface area contributed by atoms with E-state index in [-0.39, 0.29) is 30.3 Å². The van der Waals surface area contributed by atoms with Crippen LogP contribution in [-0.2, 0) is 22.6 Å². The van der Waals surface area contributed by atoms with E-state index in [1.54, 1.807) is 45.5 Å². The molecule has 1 N–H and O–H groups in total. The molecule has 3 amide bonds. The second kappa shape index (κ2) is 9.78. The van der Waals surface area contributed by atoms with Gasteiger partial charge in [-0.15, -0.1) is 23.5 Å². The van der Waals surface area contributed by atoms with Crippen molar-refractivity contribution in [3.05, 3.63) is 65.2 Å². The molecule has 0 bridgehead atoms. The third-order valence-corrected chi connectivity index (χ3v) is 7.33. The molecule has 2 fully saturated rings. The second-order valence-electron chi connectivity index (χ2n) is 7.62. The average Bonchev–Trinajstić information content (AvgIpc) is 3.29. The van der Waals surface area contributed by atoms with Gasteiger partial charge in [-0.3, -0.25) is 14.4 Å². The normalized spacial score (nSPS) is 18.3. The first kappa shape index (κ1) is 21.8. The Morgan fingerprint density at radius 1 is 1.10 bits per heavy atom. The maximum absolute atomic E-state index is 12.7. The number of nitrogens with zero attached hydrogens (tertiary/aromatic N) is 2. The van der Waals surface area contributed by atoms with Gasteiger partial charge < -0.3 is 15.1 Å². The van der Waals surface area contributed by atoms with Crippen LogP contribution in [0.1, 0.15) is 21.5 Å². The molecule has 0 aromatic heterocycles. The summed E-state index contributed by atoms with van der Waals surface area (Å²) in [6, 6.07) is 15.3. The van der Waals surface area contributed by atoms with E-state index in [4.69, 9.17) is 0 Å². The number of hydrogen-bond acceptors (Lipinski definition) is 5. The van der Waals surface area contributed by atoms with Crippen LogP contribution in [0.2, 0.25) is 0 Å². The van der Waals surface area contributed by atoms with Gasteiger partial charge in [0.15, 0.2) is 0 Å². The number of fused-ring (bicyclic) bond motifs is 1. The predicted octanol–water partition coefficient (Wildman–Crippen LogP) is 2.62. The van der Waals surface area contributed by atoms with Gasteiger partial charge in [-0.1, -0.05) is 24.3 Å². The van der Waals surface area contributed by atoms with E-state index in [9.17, 15) is 14.4 Å². The van der Waals surface area contributed by atoms with Crippen molar-refractivity contribution >= 4 is 41.2 Å². The Labute approximate surface area is 190 Å². The number of carbonyl (C=O) groups is 3. The standard InChI is InChI=1S/C23H25N3O3S2/c1-30-19-8-4-16(5-9-19)10-11-24-22(28)18-6-2-17(3-7-18)12-25-13-21(27)26-15-31-14-20(26)23(25)29/h2-9,20H,10-15H2,1H3,(H,24,28). The first-order valence-corrected chi connectivity index (χ1v) is 12.6. The van der Waals surface area contributed by atoms with Gasteiger partial charge in [-0.2, -0.15) is 0 Å². The molecule has 162 valence electrons. The van der Waals surface area contributed by atoms with Crippen molar-refractivity contribution < 1.29 is 14.4 Å².